The summed E-state index contributed by atoms with van der Waals surface area (Å²) in [5.41, 5.74) is 1.29. The fourth-order valence-electron chi connectivity index (χ4n) is 1.93. The lowest BCUT2D eigenvalue weighted by atomic mass is 10.2. The van der Waals surface area contributed by atoms with Crippen molar-refractivity contribution in [3.63, 3.8) is 0 Å². The highest BCUT2D eigenvalue weighted by molar-refractivity contribution is 7.89. The molecule has 0 fully saturated rings. The predicted molar refractivity (Wildman–Crippen MR) is 91.0 cm³/mol. The normalized spacial score (nSPS) is 11.3. The second kappa shape index (κ2) is 7.74. The standard InChI is InChI=1S/C16H16ClFN2O3S/c1-2-11-3-6-13(7-4-11)24(22,23)19-10-16(21)20-12-5-8-15(18)14(17)9-12/h3-9,19H,2,10H2,1H3,(H,20,21). The summed E-state index contributed by atoms with van der Waals surface area (Å²) in [5, 5.41) is 2.30. The minimum atomic E-state index is -3.78. The summed E-state index contributed by atoms with van der Waals surface area (Å²) in [6, 6.07) is 10.1. The van der Waals surface area contributed by atoms with Crippen molar-refractivity contribution in [2.75, 3.05) is 11.9 Å². The number of nitrogens with one attached hydrogen (secondary N) is 2. The van der Waals surface area contributed by atoms with E-state index in [2.05, 4.69) is 10.0 Å². The van der Waals surface area contributed by atoms with Gasteiger partial charge in [-0.2, -0.15) is 0 Å². The van der Waals surface area contributed by atoms with Gasteiger partial charge in [0.05, 0.1) is 16.5 Å². The van der Waals surface area contributed by atoms with Crippen molar-refractivity contribution in [2.24, 2.45) is 0 Å². The molecule has 0 bridgehead atoms. The lowest BCUT2D eigenvalue weighted by Gasteiger charge is -2.09. The van der Waals surface area contributed by atoms with Crippen LogP contribution in [0.25, 0.3) is 0 Å². The molecule has 0 aliphatic carbocycles. The molecule has 2 aromatic carbocycles. The molecular formula is C16H16ClFN2O3S. The molecule has 0 heterocycles. The Bertz CT molecular complexity index is 839. The Balaban J connectivity index is 1.97. The number of carbonyl (C=O) groups excluding carboxylic acids is 1. The topological polar surface area (TPSA) is 75.3 Å². The van der Waals surface area contributed by atoms with Crippen LogP contribution in [0.1, 0.15) is 12.5 Å². The Morgan fingerprint density at radius 1 is 1.17 bits per heavy atom. The molecule has 2 aromatic rings. The third-order valence-electron chi connectivity index (χ3n) is 3.27. The van der Waals surface area contributed by atoms with Crippen molar-refractivity contribution in [1.29, 1.82) is 0 Å². The third-order valence-corrected chi connectivity index (χ3v) is 4.97. The molecule has 1 amide bonds. The number of carbonyl (C=O) groups is 1. The summed E-state index contributed by atoms with van der Waals surface area (Å²) in [6.45, 7) is 1.51. The first kappa shape index (κ1) is 18.4. The highest BCUT2D eigenvalue weighted by Crippen LogP contribution is 2.19. The van der Waals surface area contributed by atoms with E-state index in [-0.39, 0.29) is 15.6 Å². The minimum absolute atomic E-state index is 0.0809. The van der Waals surface area contributed by atoms with Crippen molar-refractivity contribution in [1.82, 2.24) is 4.72 Å². The zero-order chi connectivity index (χ0) is 17.7. The average molecular weight is 371 g/mol. The third kappa shape index (κ3) is 4.77. The largest absolute Gasteiger partial charge is 0.325 e. The van der Waals surface area contributed by atoms with Crippen molar-refractivity contribution in [2.45, 2.75) is 18.2 Å². The smallest absolute Gasteiger partial charge is 0.241 e. The van der Waals surface area contributed by atoms with Gasteiger partial charge in [-0.25, -0.2) is 17.5 Å². The number of halogens is 2. The molecule has 0 aliphatic heterocycles. The molecule has 2 rings (SSSR count). The first-order chi connectivity index (χ1) is 11.3. The van der Waals surface area contributed by atoms with Crippen molar-refractivity contribution in [3.05, 3.63) is 58.9 Å². The molecular weight excluding hydrogens is 355 g/mol. The van der Waals surface area contributed by atoms with Crippen molar-refractivity contribution < 1.29 is 17.6 Å². The Morgan fingerprint density at radius 3 is 2.42 bits per heavy atom. The second-order valence-electron chi connectivity index (χ2n) is 5.00. The number of rotatable bonds is 6. The molecule has 0 saturated carbocycles. The van der Waals surface area contributed by atoms with Crippen LogP contribution in [0.15, 0.2) is 47.4 Å². The van der Waals surface area contributed by atoms with E-state index >= 15 is 0 Å². The monoisotopic (exact) mass is 370 g/mol. The molecule has 0 unspecified atom stereocenters. The van der Waals surface area contributed by atoms with E-state index in [1.807, 2.05) is 6.92 Å². The van der Waals surface area contributed by atoms with E-state index in [0.717, 1.165) is 18.1 Å². The van der Waals surface area contributed by atoms with Crippen molar-refractivity contribution >= 4 is 33.2 Å². The zero-order valence-corrected chi connectivity index (χ0v) is 14.4. The van der Waals surface area contributed by atoms with Gasteiger partial charge in [0, 0.05) is 5.69 Å². The van der Waals surface area contributed by atoms with Gasteiger partial charge in [-0.15, -0.1) is 0 Å². The van der Waals surface area contributed by atoms with E-state index in [1.165, 1.54) is 24.3 Å². The van der Waals surface area contributed by atoms with Crippen LogP contribution < -0.4 is 10.0 Å². The maximum atomic E-state index is 13.0. The second-order valence-corrected chi connectivity index (χ2v) is 7.17. The van der Waals surface area contributed by atoms with Gasteiger partial charge in [-0.05, 0) is 42.3 Å². The predicted octanol–water partition coefficient (Wildman–Crippen LogP) is 2.96. The van der Waals surface area contributed by atoms with Gasteiger partial charge >= 0.3 is 0 Å². The summed E-state index contributed by atoms with van der Waals surface area (Å²) in [7, 11) is -3.78. The Morgan fingerprint density at radius 2 is 1.83 bits per heavy atom. The number of amides is 1. The number of sulfonamides is 1. The highest BCUT2D eigenvalue weighted by Gasteiger charge is 2.15. The van der Waals surface area contributed by atoms with Gasteiger partial charge in [0.15, 0.2) is 0 Å². The highest BCUT2D eigenvalue weighted by atomic mass is 35.5. The first-order valence-corrected chi connectivity index (χ1v) is 9.01. The van der Waals surface area contributed by atoms with Gasteiger partial charge in [-0.3, -0.25) is 4.79 Å². The SMILES string of the molecule is CCc1ccc(S(=O)(=O)NCC(=O)Nc2ccc(F)c(Cl)c2)cc1. The summed E-state index contributed by atoms with van der Waals surface area (Å²) in [6.07, 6.45) is 0.802. The van der Waals surface area contributed by atoms with Crippen LogP contribution in [0.5, 0.6) is 0 Å². The van der Waals surface area contributed by atoms with Gasteiger partial charge in [0.25, 0.3) is 0 Å². The number of hydrogen-bond donors (Lipinski definition) is 2. The van der Waals surface area contributed by atoms with E-state index < -0.39 is 28.3 Å². The minimum Gasteiger partial charge on any atom is -0.325 e. The van der Waals surface area contributed by atoms with Crippen LogP contribution in [0.3, 0.4) is 0 Å². The Hall–Kier alpha value is -1.96. The van der Waals surface area contributed by atoms with Crippen LogP contribution in [0.4, 0.5) is 10.1 Å². The van der Waals surface area contributed by atoms with Gasteiger partial charge in [0.1, 0.15) is 5.82 Å². The molecule has 0 aromatic heterocycles. The number of benzene rings is 2. The average Bonchev–Trinajstić information content (AvgIpc) is 2.56. The fraction of sp³-hybridized carbons (Fsp3) is 0.188. The Kier molecular flexibility index (Phi) is 5.93. The van der Waals surface area contributed by atoms with Crippen molar-refractivity contribution in [3.8, 4) is 0 Å². The van der Waals surface area contributed by atoms with Gasteiger partial charge in [0.2, 0.25) is 15.9 Å². The summed E-state index contributed by atoms with van der Waals surface area (Å²) >= 11 is 5.61. The molecule has 0 saturated heterocycles. The Labute approximate surface area is 144 Å². The molecule has 0 atom stereocenters. The van der Waals surface area contributed by atoms with Crippen LogP contribution in [0.2, 0.25) is 5.02 Å². The number of aryl methyl sites for hydroxylation is 1. The lowest BCUT2D eigenvalue weighted by molar-refractivity contribution is -0.115. The summed E-state index contributed by atoms with van der Waals surface area (Å²) in [4.78, 5) is 11.9. The number of hydrogen-bond acceptors (Lipinski definition) is 3. The van der Waals surface area contributed by atoms with E-state index in [9.17, 15) is 17.6 Å². The first-order valence-electron chi connectivity index (χ1n) is 7.15. The van der Waals surface area contributed by atoms with Gasteiger partial charge in [-0.1, -0.05) is 30.7 Å². The molecule has 128 valence electrons. The van der Waals surface area contributed by atoms with Crippen LogP contribution >= 0.6 is 11.6 Å². The molecule has 5 nitrogen and oxygen atoms in total. The van der Waals surface area contributed by atoms with E-state index in [4.69, 9.17) is 11.6 Å². The van der Waals surface area contributed by atoms with E-state index in [1.54, 1.807) is 12.1 Å². The quantitative estimate of drug-likeness (QED) is 0.820. The molecule has 0 aliphatic rings. The maximum Gasteiger partial charge on any atom is 0.241 e. The fourth-order valence-corrected chi connectivity index (χ4v) is 3.09. The molecule has 24 heavy (non-hydrogen) atoms. The molecule has 0 radical (unpaired) electrons. The van der Waals surface area contributed by atoms with E-state index in [0.29, 0.717) is 0 Å². The molecule has 8 heteroatoms. The van der Waals surface area contributed by atoms with Crippen LogP contribution in [-0.2, 0) is 21.2 Å². The van der Waals surface area contributed by atoms with Crippen LogP contribution in [0, 0.1) is 5.82 Å². The zero-order valence-electron chi connectivity index (χ0n) is 12.8. The maximum absolute atomic E-state index is 13.0. The van der Waals surface area contributed by atoms with Gasteiger partial charge < -0.3 is 5.32 Å². The summed E-state index contributed by atoms with van der Waals surface area (Å²) in [5.74, 6) is -1.20. The van der Waals surface area contributed by atoms with Crippen LogP contribution in [-0.4, -0.2) is 20.9 Å². The molecule has 2 N–H and O–H groups in total. The lowest BCUT2D eigenvalue weighted by Crippen LogP contribution is -2.32. The number of anilines is 1. The summed E-state index contributed by atoms with van der Waals surface area (Å²) < 4.78 is 39.5. The molecule has 0 spiro atoms.